The van der Waals surface area contributed by atoms with Crippen molar-refractivity contribution in [1.29, 1.82) is 0 Å². The Kier molecular flexibility index (Phi) is 4.64. The number of nitrogens with one attached hydrogen (secondary N) is 1. The van der Waals surface area contributed by atoms with Crippen molar-refractivity contribution in [3.63, 3.8) is 0 Å². The van der Waals surface area contributed by atoms with Crippen LogP contribution in [-0.2, 0) is 0 Å². The average Bonchev–Trinajstić information content (AvgIpc) is 2.10. The van der Waals surface area contributed by atoms with Gasteiger partial charge >= 0.3 is 0 Å². The SMILES string of the molecule is CC1NCCC(C(O)/C=C/I)C1O. The third-order valence-electron chi connectivity index (χ3n) is 2.60. The number of rotatable bonds is 2. The topological polar surface area (TPSA) is 52.5 Å². The monoisotopic (exact) mass is 297 g/mol. The lowest BCUT2D eigenvalue weighted by molar-refractivity contribution is -0.00600. The Balaban J connectivity index is 2.56. The van der Waals surface area contributed by atoms with E-state index in [-0.39, 0.29) is 12.0 Å². The van der Waals surface area contributed by atoms with E-state index in [1.165, 1.54) is 0 Å². The third kappa shape index (κ3) is 2.90. The fraction of sp³-hybridized carbons (Fsp3) is 0.778. The van der Waals surface area contributed by atoms with Crippen LogP contribution in [0.1, 0.15) is 13.3 Å². The minimum absolute atomic E-state index is 0.0257. The number of aliphatic hydroxyl groups excluding tert-OH is 2. The summed E-state index contributed by atoms with van der Waals surface area (Å²) in [6.45, 7) is 2.81. The third-order valence-corrected chi connectivity index (χ3v) is 3.02. The molecule has 1 aliphatic heterocycles. The molecule has 1 heterocycles. The summed E-state index contributed by atoms with van der Waals surface area (Å²) in [6.07, 6.45) is 1.59. The van der Waals surface area contributed by atoms with E-state index in [0.29, 0.717) is 0 Å². The van der Waals surface area contributed by atoms with Crippen molar-refractivity contribution in [2.75, 3.05) is 6.54 Å². The van der Waals surface area contributed by atoms with E-state index in [0.717, 1.165) is 13.0 Å². The van der Waals surface area contributed by atoms with Gasteiger partial charge in [-0.25, -0.2) is 0 Å². The molecular formula is C9H16INO2. The Bertz CT molecular complexity index is 186. The molecular weight excluding hydrogens is 281 g/mol. The Morgan fingerprint density at radius 1 is 1.62 bits per heavy atom. The van der Waals surface area contributed by atoms with E-state index in [1.54, 1.807) is 10.2 Å². The fourth-order valence-corrected chi connectivity index (χ4v) is 2.16. The maximum atomic E-state index is 9.78. The molecule has 0 aromatic rings. The summed E-state index contributed by atoms with van der Waals surface area (Å²) < 4.78 is 1.79. The van der Waals surface area contributed by atoms with E-state index in [9.17, 15) is 10.2 Å². The van der Waals surface area contributed by atoms with Crippen LogP contribution in [0.25, 0.3) is 0 Å². The summed E-state index contributed by atoms with van der Waals surface area (Å²) >= 11 is 2.07. The van der Waals surface area contributed by atoms with Crippen molar-refractivity contribution in [3.8, 4) is 0 Å². The highest BCUT2D eigenvalue weighted by atomic mass is 127. The molecule has 0 radical (unpaired) electrons. The summed E-state index contributed by atoms with van der Waals surface area (Å²) in [4.78, 5) is 0. The molecule has 4 atom stereocenters. The molecule has 4 unspecified atom stereocenters. The van der Waals surface area contributed by atoms with Crippen LogP contribution in [-0.4, -0.2) is 35.0 Å². The van der Waals surface area contributed by atoms with Gasteiger partial charge in [0.15, 0.2) is 0 Å². The molecule has 3 nitrogen and oxygen atoms in total. The molecule has 3 N–H and O–H groups in total. The lowest BCUT2D eigenvalue weighted by Crippen LogP contribution is -2.51. The Morgan fingerprint density at radius 2 is 2.31 bits per heavy atom. The van der Waals surface area contributed by atoms with Gasteiger partial charge in [0.25, 0.3) is 0 Å². The van der Waals surface area contributed by atoms with Crippen molar-refractivity contribution in [2.24, 2.45) is 5.92 Å². The van der Waals surface area contributed by atoms with E-state index in [4.69, 9.17) is 0 Å². The van der Waals surface area contributed by atoms with Gasteiger partial charge in [0, 0.05) is 12.0 Å². The second-order valence-electron chi connectivity index (χ2n) is 3.49. The molecule has 0 spiro atoms. The molecule has 0 aromatic heterocycles. The summed E-state index contributed by atoms with van der Waals surface area (Å²) in [5.74, 6) is -0.0257. The van der Waals surface area contributed by atoms with Gasteiger partial charge in [-0.2, -0.15) is 0 Å². The van der Waals surface area contributed by atoms with E-state index >= 15 is 0 Å². The van der Waals surface area contributed by atoms with Crippen LogP contribution in [0, 0.1) is 5.92 Å². The normalized spacial score (nSPS) is 38.0. The van der Waals surface area contributed by atoms with Crippen LogP contribution in [0.2, 0.25) is 0 Å². The second-order valence-corrected chi connectivity index (χ2v) is 4.21. The maximum absolute atomic E-state index is 9.78. The molecule has 1 aliphatic rings. The zero-order chi connectivity index (χ0) is 9.84. The maximum Gasteiger partial charge on any atom is 0.0782 e. The summed E-state index contributed by atoms with van der Waals surface area (Å²) in [6, 6.07) is 0.0796. The predicted octanol–water partition coefficient (Wildman–Crippen LogP) is 0.655. The van der Waals surface area contributed by atoms with Gasteiger partial charge < -0.3 is 15.5 Å². The highest BCUT2D eigenvalue weighted by Gasteiger charge is 2.32. The lowest BCUT2D eigenvalue weighted by atomic mass is 9.85. The standard InChI is InChI=1S/C9H16INO2/c1-6-9(13)7(3-5-11-6)8(12)2-4-10/h2,4,6-9,11-13H,3,5H2,1H3/b4-2+. The van der Waals surface area contributed by atoms with Crippen LogP contribution in [0.4, 0.5) is 0 Å². The fourth-order valence-electron chi connectivity index (χ4n) is 1.73. The van der Waals surface area contributed by atoms with Crippen LogP contribution >= 0.6 is 22.6 Å². The molecule has 4 heteroatoms. The van der Waals surface area contributed by atoms with Gasteiger partial charge in [0.1, 0.15) is 0 Å². The first-order valence-electron chi connectivity index (χ1n) is 4.53. The Labute approximate surface area is 92.4 Å². The first kappa shape index (κ1) is 11.4. The lowest BCUT2D eigenvalue weighted by Gasteiger charge is -2.35. The van der Waals surface area contributed by atoms with Gasteiger partial charge in [0.2, 0.25) is 0 Å². The van der Waals surface area contributed by atoms with Crippen molar-refractivity contribution in [3.05, 3.63) is 10.2 Å². The minimum Gasteiger partial charge on any atom is -0.391 e. The minimum atomic E-state index is -0.517. The molecule has 1 fully saturated rings. The predicted molar refractivity (Wildman–Crippen MR) is 60.7 cm³/mol. The first-order valence-corrected chi connectivity index (χ1v) is 5.77. The van der Waals surface area contributed by atoms with E-state index < -0.39 is 12.2 Å². The number of aliphatic hydroxyl groups is 2. The van der Waals surface area contributed by atoms with Crippen LogP contribution in [0.3, 0.4) is 0 Å². The van der Waals surface area contributed by atoms with Gasteiger partial charge in [-0.3, -0.25) is 0 Å². The number of halogens is 1. The number of hydrogen-bond acceptors (Lipinski definition) is 3. The van der Waals surface area contributed by atoms with Gasteiger partial charge in [-0.05, 0) is 30.0 Å². The summed E-state index contributed by atoms with van der Waals surface area (Å²) in [5, 5.41) is 22.6. The summed E-state index contributed by atoms with van der Waals surface area (Å²) in [5.41, 5.74) is 0. The molecule has 0 saturated carbocycles. The van der Waals surface area contributed by atoms with Crippen molar-refractivity contribution in [1.82, 2.24) is 5.32 Å². The number of hydrogen-bond donors (Lipinski definition) is 3. The zero-order valence-corrected chi connectivity index (χ0v) is 9.81. The molecule has 1 rings (SSSR count). The van der Waals surface area contributed by atoms with Crippen LogP contribution in [0.15, 0.2) is 10.2 Å². The molecule has 0 aromatic carbocycles. The molecule has 0 bridgehead atoms. The smallest absolute Gasteiger partial charge is 0.0782 e. The van der Waals surface area contributed by atoms with E-state index in [2.05, 4.69) is 27.9 Å². The summed E-state index contributed by atoms with van der Waals surface area (Å²) in [7, 11) is 0. The largest absolute Gasteiger partial charge is 0.391 e. The molecule has 0 aliphatic carbocycles. The van der Waals surface area contributed by atoms with Gasteiger partial charge in [-0.1, -0.05) is 22.6 Å². The first-order chi connectivity index (χ1) is 6.16. The van der Waals surface area contributed by atoms with E-state index in [1.807, 2.05) is 6.92 Å². The van der Waals surface area contributed by atoms with Crippen LogP contribution < -0.4 is 5.32 Å². The number of piperidine rings is 1. The second kappa shape index (κ2) is 5.29. The Hall–Kier alpha value is 0.350. The van der Waals surface area contributed by atoms with Crippen molar-refractivity contribution < 1.29 is 10.2 Å². The zero-order valence-electron chi connectivity index (χ0n) is 7.65. The quantitative estimate of drug-likeness (QED) is 0.656. The van der Waals surface area contributed by atoms with Crippen molar-refractivity contribution >= 4 is 22.6 Å². The Morgan fingerprint density at radius 3 is 2.92 bits per heavy atom. The molecule has 76 valence electrons. The van der Waals surface area contributed by atoms with Gasteiger partial charge in [0.05, 0.1) is 12.2 Å². The van der Waals surface area contributed by atoms with Crippen molar-refractivity contribution in [2.45, 2.75) is 31.6 Å². The molecule has 1 saturated heterocycles. The highest BCUT2D eigenvalue weighted by molar-refractivity contribution is 14.1. The average molecular weight is 297 g/mol. The van der Waals surface area contributed by atoms with Crippen LogP contribution in [0.5, 0.6) is 0 Å². The van der Waals surface area contributed by atoms with Gasteiger partial charge in [-0.15, -0.1) is 0 Å². The molecule has 13 heavy (non-hydrogen) atoms. The highest BCUT2D eigenvalue weighted by Crippen LogP contribution is 2.21. The molecule has 0 amide bonds.